The number of aromatic nitrogens is 4. The number of rotatable bonds is 5. The number of fused-ring (bicyclic) bond motifs is 2. The molecule has 8 nitrogen and oxygen atoms in total. The molecular weight excluding hydrogens is 439 g/mol. The van der Waals surface area contributed by atoms with Crippen LogP contribution in [0.2, 0.25) is 0 Å². The van der Waals surface area contributed by atoms with Crippen molar-refractivity contribution in [3.05, 3.63) is 60.0 Å². The second kappa shape index (κ2) is 8.05. The fraction of sp³-hybridized carbons (Fsp3) is 0.364. The number of methoxy groups -OCH3 is 1. The lowest BCUT2D eigenvalue weighted by atomic mass is 10.0. The van der Waals surface area contributed by atoms with Crippen molar-refractivity contribution in [1.82, 2.24) is 24.9 Å². The first kappa shape index (κ1) is 21.2. The molecule has 2 fully saturated rings. The Kier molecular flexibility index (Phi) is 5.18. The van der Waals surface area contributed by atoms with Crippen LogP contribution in [-0.2, 0) is 6.18 Å². The Morgan fingerprint density at radius 2 is 1.91 bits per heavy atom. The van der Waals surface area contributed by atoms with Crippen LogP contribution in [0.3, 0.4) is 0 Å². The number of halogens is 3. The second-order valence-electron chi connectivity index (χ2n) is 8.07. The molecule has 0 spiro atoms. The highest BCUT2D eigenvalue weighted by molar-refractivity contribution is 6.01. The predicted octanol–water partition coefficient (Wildman–Crippen LogP) is 3.37. The number of pyridine rings is 1. The van der Waals surface area contributed by atoms with E-state index in [0.29, 0.717) is 30.0 Å². The maximum Gasteiger partial charge on any atom is 0.417 e. The van der Waals surface area contributed by atoms with Crippen molar-refractivity contribution in [2.24, 2.45) is 5.92 Å². The van der Waals surface area contributed by atoms with Crippen LogP contribution in [0, 0.1) is 5.92 Å². The number of ether oxygens (including phenoxy) is 2. The minimum Gasteiger partial charge on any atom is -0.496 e. The maximum absolute atomic E-state index is 13.7. The smallest absolute Gasteiger partial charge is 0.417 e. The number of likely N-dealkylation sites (tertiary alicyclic amines) is 1. The summed E-state index contributed by atoms with van der Waals surface area (Å²) in [5.74, 6) is 0.506. The third-order valence-electron chi connectivity index (χ3n) is 6.09. The van der Waals surface area contributed by atoms with Gasteiger partial charge in [0.15, 0.2) is 0 Å². The van der Waals surface area contributed by atoms with Crippen LogP contribution in [-0.4, -0.2) is 56.6 Å². The third-order valence-corrected chi connectivity index (χ3v) is 6.09. The van der Waals surface area contributed by atoms with E-state index in [4.69, 9.17) is 9.47 Å². The van der Waals surface area contributed by atoms with Crippen molar-refractivity contribution < 1.29 is 27.4 Å². The van der Waals surface area contributed by atoms with Crippen LogP contribution >= 0.6 is 0 Å². The number of piperidine rings is 1. The summed E-state index contributed by atoms with van der Waals surface area (Å²) in [5.41, 5.74) is -0.000294. The van der Waals surface area contributed by atoms with Gasteiger partial charge >= 0.3 is 6.18 Å². The van der Waals surface area contributed by atoms with E-state index in [9.17, 15) is 18.0 Å². The van der Waals surface area contributed by atoms with E-state index in [1.165, 1.54) is 30.4 Å². The quantitative estimate of drug-likeness (QED) is 0.582. The van der Waals surface area contributed by atoms with Crippen LogP contribution in [0.25, 0.3) is 5.69 Å². The van der Waals surface area contributed by atoms with Crippen molar-refractivity contribution in [2.45, 2.75) is 31.2 Å². The summed E-state index contributed by atoms with van der Waals surface area (Å²) < 4.78 is 49.8. The zero-order valence-corrected chi connectivity index (χ0v) is 17.6. The third kappa shape index (κ3) is 3.87. The minimum atomic E-state index is -4.46. The molecule has 2 aromatic heterocycles. The maximum atomic E-state index is 13.7. The summed E-state index contributed by atoms with van der Waals surface area (Å²) in [6, 6.07) is 7.13. The Morgan fingerprint density at radius 3 is 2.55 bits per heavy atom. The van der Waals surface area contributed by atoms with Crippen molar-refractivity contribution >= 4 is 5.91 Å². The molecule has 1 amide bonds. The van der Waals surface area contributed by atoms with E-state index < -0.39 is 11.7 Å². The molecule has 1 saturated heterocycles. The molecule has 1 aliphatic carbocycles. The molecule has 2 bridgehead atoms. The van der Waals surface area contributed by atoms with Gasteiger partial charge in [-0.25, -0.2) is 4.98 Å². The molecule has 172 valence electrons. The van der Waals surface area contributed by atoms with Crippen molar-refractivity contribution in [2.75, 3.05) is 13.7 Å². The molecule has 0 radical (unpaired) electrons. The number of amides is 1. The first-order valence-electron chi connectivity index (χ1n) is 10.4. The topological polar surface area (TPSA) is 82.4 Å². The molecule has 5 rings (SSSR count). The highest BCUT2D eigenvalue weighted by Gasteiger charge is 2.49. The van der Waals surface area contributed by atoms with Gasteiger partial charge in [-0.05, 0) is 37.0 Å². The van der Waals surface area contributed by atoms with Gasteiger partial charge in [0.05, 0.1) is 31.1 Å². The van der Waals surface area contributed by atoms with Gasteiger partial charge in [-0.3, -0.25) is 4.79 Å². The lowest BCUT2D eigenvalue weighted by molar-refractivity contribution is -0.137. The summed E-state index contributed by atoms with van der Waals surface area (Å²) in [7, 11) is 1.49. The zero-order chi connectivity index (χ0) is 23.2. The van der Waals surface area contributed by atoms with Crippen LogP contribution in [0.15, 0.2) is 48.9 Å². The number of hydrogen-bond acceptors (Lipinski definition) is 6. The number of alkyl halides is 3. The van der Waals surface area contributed by atoms with Gasteiger partial charge < -0.3 is 14.4 Å². The average Bonchev–Trinajstić information content (AvgIpc) is 3.55. The fourth-order valence-corrected chi connectivity index (χ4v) is 4.65. The SMILES string of the molecule is COc1cccc(-n2nccn2)c1C(=O)N1C[C@H]2C[C@@H](Oc3ccc(C(F)(F)F)cn3)[C@@H]1C2. The second-order valence-corrected chi connectivity index (χ2v) is 8.07. The highest BCUT2D eigenvalue weighted by Crippen LogP contribution is 2.41. The number of carbonyl (C=O) groups is 1. The molecule has 0 N–H and O–H groups in total. The molecule has 0 unspecified atom stereocenters. The Morgan fingerprint density at radius 1 is 1.12 bits per heavy atom. The van der Waals surface area contributed by atoms with Crippen LogP contribution < -0.4 is 9.47 Å². The van der Waals surface area contributed by atoms with E-state index >= 15 is 0 Å². The van der Waals surface area contributed by atoms with Gasteiger partial charge in [0, 0.05) is 18.8 Å². The fourth-order valence-electron chi connectivity index (χ4n) is 4.65. The van der Waals surface area contributed by atoms with Gasteiger partial charge in [0.25, 0.3) is 5.91 Å². The Balaban J connectivity index is 1.39. The van der Waals surface area contributed by atoms with Crippen LogP contribution in [0.1, 0.15) is 28.8 Å². The Bertz CT molecular complexity index is 1150. The van der Waals surface area contributed by atoms with E-state index in [0.717, 1.165) is 18.7 Å². The summed E-state index contributed by atoms with van der Waals surface area (Å²) in [6.07, 6.45) is 0.427. The number of nitrogens with zero attached hydrogens (tertiary/aromatic N) is 5. The van der Waals surface area contributed by atoms with Gasteiger partial charge in [-0.15, -0.1) is 0 Å². The van der Waals surface area contributed by atoms with Gasteiger partial charge in [-0.2, -0.15) is 28.2 Å². The molecule has 3 atom stereocenters. The van der Waals surface area contributed by atoms with Crippen LogP contribution in [0.5, 0.6) is 11.6 Å². The van der Waals surface area contributed by atoms with E-state index in [2.05, 4.69) is 15.2 Å². The van der Waals surface area contributed by atoms with Crippen molar-refractivity contribution in [3.63, 3.8) is 0 Å². The molecule has 3 aromatic rings. The minimum absolute atomic E-state index is 0.103. The molecule has 1 aliphatic heterocycles. The van der Waals surface area contributed by atoms with Gasteiger partial charge in [-0.1, -0.05) is 6.07 Å². The molecular formula is C22H20F3N5O3. The number of benzene rings is 1. The van der Waals surface area contributed by atoms with Crippen molar-refractivity contribution in [3.8, 4) is 17.3 Å². The first-order valence-corrected chi connectivity index (χ1v) is 10.4. The molecule has 11 heteroatoms. The molecule has 33 heavy (non-hydrogen) atoms. The normalized spacial score (nSPS) is 21.9. The summed E-state index contributed by atoms with van der Waals surface area (Å²) >= 11 is 0. The largest absolute Gasteiger partial charge is 0.496 e. The molecule has 2 aliphatic rings. The van der Waals surface area contributed by atoms with E-state index in [1.807, 2.05) is 0 Å². The van der Waals surface area contributed by atoms with Crippen LogP contribution in [0.4, 0.5) is 13.2 Å². The van der Waals surface area contributed by atoms with Gasteiger partial charge in [0.1, 0.15) is 23.1 Å². The molecule has 1 saturated carbocycles. The average molecular weight is 459 g/mol. The Labute approximate surface area is 186 Å². The van der Waals surface area contributed by atoms with E-state index in [1.54, 1.807) is 23.1 Å². The lowest BCUT2D eigenvalue weighted by Crippen LogP contribution is -2.47. The summed E-state index contributed by atoms with van der Waals surface area (Å²) in [5, 5.41) is 8.28. The standard InChI is InChI=1S/C22H20F3N5O3/c1-32-17-4-2-3-15(30-27-7-8-28-30)20(17)21(31)29-12-13-9-16(29)18(10-13)33-19-6-5-14(11-26-19)22(23,24)25/h2-8,11,13,16,18H,9-10,12H2,1H3/t13-,16+,18-/m1/s1. The predicted molar refractivity (Wildman–Crippen MR) is 109 cm³/mol. The Hall–Kier alpha value is -3.63. The van der Waals surface area contributed by atoms with Gasteiger partial charge in [0.2, 0.25) is 5.88 Å². The number of hydrogen-bond donors (Lipinski definition) is 0. The summed E-state index contributed by atoms with van der Waals surface area (Å²) in [4.78, 5) is 20.6. The van der Waals surface area contributed by atoms with Crippen molar-refractivity contribution in [1.29, 1.82) is 0 Å². The zero-order valence-electron chi connectivity index (χ0n) is 17.6. The highest BCUT2D eigenvalue weighted by atomic mass is 19.4. The summed E-state index contributed by atoms with van der Waals surface area (Å²) in [6.45, 7) is 0.563. The van der Waals surface area contributed by atoms with E-state index in [-0.39, 0.29) is 29.9 Å². The molecule has 3 heterocycles. The molecule has 1 aromatic carbocycles. The number of carbonyl (C=O) groups excluding carboxylic acids is 1. The first-order chi connectivity index (χ1) is 15.8. The lowest BCUT2D eigenvalue weighted by Gasteiger charge is -2.33. The monoisotopic (exact) mass is 459 g/mol.